The minimum Gasteiger partial charge on any atom is -0.489 e. The maximum Gasteiger partial charge on any atom is 0.120 e. The summed E-state index contributed by atoms with van der Waals surface area (Å²) in [6.45, 7) is 1.13. The first-order valence-electron chi connectivity index (χ1n) is 13.5. The molecule has 0 fully saturated rings. The molecule has 0 spiro atoms. The van der Waals surface area contributed by atoms with Crippen LogP contribution in [0.2, 0.25) is 0 Å². The number of aromatic nitrogens is 1. The molecule has 5 aromatic carbocycles. The van der Waals surface area contributed by atoms with Crippen LogP contribution in [-0.2, 0) is 13.2 Å². The van der Waals surface area contributed by atoms with Gasteiger partial charge in [0.25, 0.3) is 0 Å². The molecule has 0 aliphatic heterocycles. The van der Waals surface area contributed by atoms with Gasteiger partial charge in [0, 0.05) is 27.8 Å². The Morgan fingerprint density at radius 1 is 0.643 bits per heavy atom. The molecule has 1 heterocycles. The number of nitrogens with two attached hydrogens (primary N) is 1. The van der Waals surface area contributed by atoms with Crippen molar-refractivity contribution in [1.29, 1.82) is 0 Å². The lowest BCUT2D eigenvalue weighted by atomic mass is 10.1. The first-order valence-corrected chi connectivity index (χ1v) is 15.1. The summed E-state index contributed by atoms with van der Waals surface area (Å²) < 4.78 is 12.5. The maximum absolute atomic E-state index is 5.90. The van der Waals surface area contributed by atoms with Gasteiger partial charge in [0.1, 0.15) is 24.7 Å². The van der Waals surface area contributed by atoms with E-state index in [9.17, 15) is 0 Å². The first-order chi connectivity index (χ1) is 20.5. The lowest BCUT2D eigenvalue weighted by Crippen LogP contribution is -1.96. The van der Waals surface area contributed by atoms with Crippen molar-refractivity contribution in [1.82, 2.24) is 4.98 Å². The zero-order valence-electron chi connectivity index (χ0n) is 22.8. The Bertz CT molecular complexity index is 1750. The summed E-state index contributed by atoms with van der Waals surface area (Å²) in [5, 5.41) is 1.16. The number of benzene rings is 5. The Labute approximate surface area is 263 Å². The van der Waals surface area contributed by atoms with Gasteiger partial charge in [0.05, 0.1) is 3.39 Å². The Kier molecular flexibility index (Phi) is 10.1. The van der Waals surface area contributed by atoms with Crippen molar-refractivity contribution in [3.8, 4) is 22.8 Å². The van der Waals surface area contributed by atoms with Gasteiger partial charge in [-0.2, -0.15) is 0 Å². The summed E-state index contributed by atoms with van der Waals surface area (Å²) in [7, 11) is 0. The first kappa shape index (κ1) is 29.2. The summed E-state index contributed by atoms with van der Waals surface area (Å²) in [6.07, 6.45) is 1.89. The molecular formula is C36H30Br2N2O2. The number of hydrogen-bond donors (Lipinski definition) is 2. The third kappa shape index (κ3) is 8.38. The number of fused-ring (bicyclic) bond motifs is 1. The van der Waals surface area contributed by atoms with Crippen LogP contribution in [0.1, 0.15) is 16.7 Å². The molecule has 3 N–H and O–H groups in total. The van der Waals surface area contributed by atoms with Gasteiger partial charge < -0.3 is 20.2 Å². The summed E-state index contributed by atoms with van der Waals surface area (Å²) >= 11 is 6.65. The fraction of sp³-hybridized carbons (Fsp3) is 0.0556. The number of hydrogen-bond acceptors (Lipinski definition) is 3. The van der Waals surface area contributed by atoms with Gasteiger partial charge in [-0.3, -0.25) is 0 Å². The molecule has 0 atom stereocenters. The molecule has 0 aliphatic carbocycles. The topological polar surface area (TPSA) is 60.3 Å². The smallest absolute Gasteiger partial charge is 0.120 e. The van der Waals surface area contributed by atoms with Crippen LogP contribution < -0.4 is 15.2 Å². The van der Waals surface area contributed by atoms with E-state index in [4.69, 9.17) is 15.2 Å². The van der Waals surface area contributed by atoms with Crippen LogP contribution in [0.4, 0.5) is 5.69 Å². The SMILES string of the molecule is Nc1ccc(OCc2ccccc2)cc1C=C(Br)Br.c1ccc(COc2ccc3[nH]c(-c4ccccc4)cc3c2)cc1. The monoisotopic (exact) mass is 680 g/mol. The highest BCUT2D eigenvalue weighted by Crippen LogP contribution is 2.28. The van der Waals surface area contributed by atoms with Gasteiger partial charge in [-0.1, -0.05) is 91.0 Å². The third-order valence-electron chi connectivity index (χ3n) is 6.50. The van der Waals surface area contributed by atoms with E-state index in [1.165, 1.54) is 11.1 Å². The van der Waals surface area contributed by atoms with E-state index in [2.05, 4.69) is 91.4 Å². The molecule has 6 heteroatoms. The zero-order valence-corrected chi connectivity index (χ0v) is 26.0. The fourth-order valence-corrected chi connectivity index (χ4v) is 4.83. The van der Waals surface area contributed by atoms with Crippen LogP contribution in [0.3, 0.4) is 0 Å². The number of ether oxygens (including phenoxy) is 2. The van der Waals surface area contributed by atoms with Crippen molar-refractivity contribution in [3.63, 3.8) is 0 Å². The molecule has 0 amide bonds. The largest absolute Gasteiger partial charge is 0.489 e. The second kappa shape index (κ2) is 14.6. The van der Waals surface area contributed by atoms with Gasteiger partial charge in [0.2, 0.25) is 0 Å². The Morgan fingerprint density at radius 3 is 1.79 bits per heavy atom. The zero-order chi connectivity index (χ0) is 29.1. The average Bonchev–Trinajstić information content (AvgIpc) is 3.46. The van der Waals surface area contributed by atoms with Crippen molar-refractivity contribution >= 4 is 54.5 Å². The Hall–Kier alpha value is -4.26. The van der Waals surface area contributed by atoms with Gasteiger partial charge >= 0.3 is 0 Å². The van der Waals surface area contributed by atoms with Crippen LogP contribution >= 0.6 is 31.9 Å². The van der Waals surface area contributed by atoms with Crippen molar-refractivity contribution in [2.24, 2.45) is 0 Å². The van der Waals surface area contributed by atoms with Gasteiger partial charge in [-0.15, -0.1) is 0 Å². The summed E-state index contributed by atoms with van der Waals surface area (Å²) in [4.78, 5) is 3.46. The lowest BCUT2D eigenvalue weighted by molar-refractivity contribution is 0.306. The minimum absolute atomic E-state index is 0.545. The average molecular weight is 682 g/mol. The third-order valence-corrected chi connectivity index (χ3v) is 6.95. The van der Waals surface area contributed by atoms with Crippen molar-refractivity contribution in [2.45, 2.75) is 13.2 Å². The molecule has 42 heavy (non-hydrogen) atoms. The second-order valence-corrected chi connectivity index (χ2v) is 12.3. The second-order valence-electron chi connectivity index (χ2n) is 9.57. The highest BCUT2D eigenvalue weighted by Gasteiger charge is 2.05. The highest BCUT2D eigenvalue weighted by molar-refractivity contribution is 9.28. The van der Waals surface area contributed by atoms with E-state index < -0.39 is 0 Å². The van der Waals surface area contributed by atoms with E-state index >= 15 is 0 Å². The maximum atomic E-state index is 5.90. The molecule has 0 saturated heterocycles. The molecule has 0 saturated carbocycles. The normalized spacial score (nSPS) is 10.4. The number of aromatic amines is 1. The molecular weight excluding hydrogens is 652 g/mol. The molecule has 4 nitrogen and oxygen atoms in total. The molecule has 210 valence electrons. The standard InChI is InChI=1S/C21H17NO.C15H13Br2NO/c1-3-7-16(8-4-1)15-23-19-11-12-20-18(13-19)14-21(22-20)17-9-5-2-6-10-17;16-15(17)9-12-8-13(6-7-14(12)18)19-10-11-4-2-1-3-5-11/h1-14,22H,15H2;1-9H,10,18H2. The number of rotatable bonds is 8. The number of nitrogen functional groups attached to an aromatic ring is 1. The highest BCUT2D eigenvalue weighted by atomic mass is 79.9. The number of anilines is 1. The van der Waals surface area contributed by atoms with Crippen LogP contribution in [-0.4, -0.2) is 4.98 Å². The van der Waals surface area contributed by atoms with Crippen LogP contribution in [0.25, 0.3) is 28.2 Å². The predicted molar refractivity (Wildman–Crippen MR) is 182 cm³/mol. The van der Waals surface area contributed by atoms with Gasteiger partial charge in [-0.25, -0.2) is 0 Å². The molecule has 0 bridgehead atoms. The molecule has 0 unspecified atom stereocenters. The Morgan fingerprint density at radius 2 is 1.19 bits per heavy atom. The van der Waals surface area contributed by atoms with Crippen molar-refractivity contribution in [3.05, 3.63) is 154 Å². The number of halogens is 2. The Balaban J connectivity index is 0.000000172. The summed E-state index contributed by atoms with van der Waals surface area (Å²) in [5.41, 5.74) is 13.3. The molecule has 6 aromatic rings. The lowest BCUT2D eigenvalue weighted by Gasteiger charge is -2.08. The van der Waals surface area contributed by atoms with E-state index in [0.717, 1.165) is 42.6 Å². The van der Waals surface area contributed by atoms with Crippen molar-refractivity contribution < 1.29 is 9.47 Å². The molecule has 0 radical (unpaired) electrons. The quantitative estimate of drug-likeness (QED) is 0.157. The van der Waals surface area contributed by atoms with E-state index in [-0.39, 0.29) is 0 Å². The van der Waals surface area contributed by atoms with Crippen molar-refractivity contribution in [2.75, 3.05) is 5.73 Å². The van der Waals surface area contributed by atoms with E-state index in [1.807, 2.05) is 84.9 Å². The van der Waals surface area contributed by atoms with Crippen LogP contribution in [0.15, 0.2) is 137 Å². The minimum atomic E-state index is 0.545. The summed E-state index contributed by atoms with van der Waals surface area (Å²) in [5.74, 6) is 1.69. The van der Waals surface area contributed by atoms with Gasteiger partial charge in [-0.05, 0) is 97.1 Å². The fourth-order valence-electron chi connectivity index (χ4n) is 4.34. The van der Waals surface area contributed by atoms with E-state index in [1.54, 1.807) is 0 Å². The molecule has 1 aromatic heterocycles. The van der Waals surface area contributed by atoms with Gasteiger partial charge in [0.15, 0.2) is 0 Å². The van der Waals surface area contributed by atoms with E-state index in [0.29, 0.717) is 18.9 Å². The van der Waals surface area contributed by atoms with Crippen LogP contribution in [0.5, 0.6) is 11.5 Å². The molecule has 0 aliphatic rings. The van der Waals surface area contributed by atoms with Crippen LogP contribution in [0, 0.1) is 0 Å². The molecule has 6 rings (SSSR count). The number of nitrogens with one attached hydrogen (secondary N) is 1. The number of H-pyrrole nitrogens is 1. The summed E-state index contributed by atoms with van der Waals surface area (Å²) in [6, 6.07) is 44.6. The predicted octanol–water partition coefficient (Wildman–Crippen LogP) is 10.3.